The van der Waals surface area contributed by atoms with E-state index in [0.717, 1.165) is 33.6 Å². The molecule has 2 N–H and O–H groups in total. The second kappa shape index (κ2) is 12.7. The van der Waals surface area contributed by atoms with E-state index in [1.54, 1.807) is 26.6 Å². The first-order valence-electron chi connectivity index (χ1n) is 15.6. The molecule has 0 aliphatic heterocycles. The van der Waals surface area contributed by atoms with Crippen molar-refractivity contribution in [2.45, 2.75) is 63.7 Å². The fourth-order valence-electron chi connectivity index (χ4n) is 7.17. The number of aryl methyl sites for hydroxylation is 1. The summed E-state index contributed by atoms with van der Waals surface area (Å²) in [7, 11) is 1.17. The number of halogens is 1. The Labute approximate surface area is 268 Å². The number of rotatable bonds is 8. The Morgan fingerprint density at radius 3 is 2.43 bits per heavy atom. The summed E-state index contributed by atoms with van der Waals surface area (Å²) in [5.74, 6) is 2.23. The van der Waals surface area contributed by atoms with E-state index in [1.165, 1.54) is 63.4 Å². The Kier molecular flexibility index (Phi) is 8.89. The molecule has 6 rings (SSSR count). The molecule has 44 heavy (non-hydrogen) atoms. The minimum absolute atomic E-state index is 0.421. The Hall–Kier alpha value is -3.16. The van der Waals surface area contributed by atoms with Gasteiger partial charge in [0.2, 0.25) is 5.95 Å². The van der Waals surface area contributed by atoms with Crippen molar-refractivity contribution >= 4 is 51.5 Å². The topological polar surface area (TPSA) is 94.0 Å². The highest BCUT2D eigenvalue weighted by Crippen LogP contribution is 2.53. The second-order valence-corrected chi connectivity index (χ2v) is 16.9. The predicted molar refractivity (Wildman–Crippen MR) is 184 cm³/mol. The maximum absolute atomic E-state index is 12.9. The number of methoxy groups -OCH3 is 1. The fraction of sp³-hybridized carbons (Fsp3) is 0.441. The van der Waals surface area contributed by atoms with Gasteiger partial charge in [0.25, 0.3) is 0 Å². The summed E-state index contributed by atoms with van der Waals surface area (Å²) in [4.78, 5) is 9.34. The lowest BCUT2D eigenvalue weighted by Gasteiger charge is -2.43. The minimum Gasteiger partial charge on any atom is -0.495 e. The Balaban J connectivity index is 1.32. The number of benzene rings is 2. The molecule has 10 heteroatoms. The van der Waals surface area contributed by atoms with Crippen LogP contribution >= 0.6 is 23.1 Å². The van der Waals surface area contributed by atoms with Crippen molar-refractivity contribution < 1.29 is 9.30 Å². The molecule has 2 aromatic carbocycles. The molecule has 0 unspecified atom stereocenters. The first-order valence-corrected chi connectivity index (χ1v) is 19.0. The van der Waals surface area contributed by atoms with Gasteiger partial charge in [0.05, 0.1) is 29.2 Å². The van der Waals surface area contributed by atoms with E-state index in [9.17, 15) is 4.57 Å². The van der Waals surface area contributed by atoms with Gasteiger partial charge >= 0.3 is 0 Å². The first kappa shape index (κ1) is 30.8. The van der Waals surface area contributed by atoms with E-state index in [-0.39, 0.29) is 0 Å². The van der Waals surface area contributed by atoms with Crippen LogP contribution in [0.25, 0.3) is 11.1 Å². The Bertz CT molecular complexity index is 1680. The predicted octanol–water partition coefficient (Wildman–Crippen LogP) is 8.99. The smallest absolute Gasteiger partial charge is 0.229 e. The zero-order chi connectivity index (χ0) is 30.9. The first-order chi connectivity index (χ1) is 21.1. The lowest BCUT2D eigenvalue weighted by Crippen LogP contribution is -2.29. The van der Waals surface area contributed by atoms with Crippen molar-refractivity contribution in [3.63, 3.8) is 0 Å². The quantitative estimate of drug-likeness (QED) is 0.180. The van der Waals surface area contributed by atoms with Crippen LogP contribution in [0.15, 0.2) is 59.5 Å². The van der Waals surface area contributed by atoms with Gasteiger partial charge in [-0.25, -0.2) is 4.98 Å². The van der Waals surface area contributed by atoms with Crippen molar-refractivity contribution in [1.82, 2.24) is 19.7 Å². The Morgan fingerprint density at radius 2 is 1.75 bits per heavy atom. The molecule has 2 aliphatic rings. The van der Waals surface area contributed by atoms with Gasteiger partial charge < -0.3 is 19.9 Å². The molecule has 0 saturated heterocycles. The summed E-state index contributed by atoms with van der Waals surface area (Å²) in [6.45, 7) is 3.54. The number of nitrogens with one attached hydrogen (secondary N) is 2. The molecular formula is C34H42BrN6O2P. The standard InChI is InChI=1S/C34H42BrN6O2P/c1-41-22-24(20-37-41)25-18-29(30(43-2)19-26(25)23-12-16-34(17-13-23)14-8-5-9-15-34)39-33-36-21-27(35)32(40-33)38-28-10-6-7-11-31(28)44(3,4)42/h6-7,10-11,18-23H,5,8-9,12-17H2,1-4H3,(H2,36,38,39,40). The van der Waals surface area contributed by atoms with Gasteiger partial charge in [-0.1, -0.05) is 31.4 Å². The molecule has 4 aromatic rings. The van der Waals surface area contributed by atoms with Crippen molar-refractivity contribution in [2.24, 2.45) is 12.5 Å². The normalized spacial score (nSPS) is 17.0. The van der Waals surface area contributed by atoms with Gasteiger partial charge in [-0.2, -0.15) is 10.1 Å². The van der Waals surface area contributed by atoms with Crippen LogP contribution in [0.3, 0.4) is 0 Å². The lowest BCUT2D eigenvalue weighted by molar-refractivity contribution is 0.114. The molecule has 0 atom stereocenters. The summed E-state index contributed by atoms with van der Waals surface area (Å²) in [5.41, 5.74) is 5.68. The number of hydrogen-bond donors (Lipinski definition) is 2. The number of aromatic nitrogens is 4. The van der Waals surface area contributed by atoms with Crippen LogP contribution in [0.1, 0.15) is 69.3 Å². The highest BCUT2D eigenvalue weighted by Gasteiger charge is 2.37. The average molecular weight is 678 g/mol. The molecule has 1 spiro atoms. The number of hydrogen-bond acceptors (Lipinski definition) is 7. The van der Waals surface area contributed by atoms with Crippen LogP contribution in [-0.4, -0.2) is 40.2 Å². The van der Waals surface area contributed by atoms with Crippen LogP contribution in [0.5, 0.6) is 5.75 Å². The van der Waals surface area contributed by atoms with E-state index in [0.29, 0.717) is 27.6 Å². The van der Waals surface area contributed by atoms with Crippen molar-refractivity contribution in [2.75, 3.05) is 31.1 Å². The van der Waals surface area contributed by atoms with Crippen LogP contribution in [0, 0.1) is 5.41 Å². The third-order valence-corrected chi connectivity index (χ3v) is 11.6. The highest BCUT2D eigenvalue weighted by molar-refractivity contribution is 9.10. The summed E-state index contributed by atoms with van der Waals surface area (Å²) in [6.07, 6.45) is 17.7. The molecule has 2 heterocycles. The van der Waals surface area contributed by atoms with Crippen LogP contribution in [0.2, 0.25) is 0 Å². The molecular weight excluding hydrogens is 635 g/mol. The zero-order valence-corrected chi connectivity index (χ0v) is 28.5. The van der Waals surface area contributed by atoms with E-state index in [2.05, 4.69) is 55.0 Å². The monoisotopic (exact) mass is 676 g/mol. The molecule has 0 radical (unpaired) electrons. The van der Waals surface area contributed by atoms with Crippen LogP contribution < -0.4 is 20.7 Å². The van der Waals surface area contributed by atoms with Crippen molar-refractivity contribution in [3.05, 3.63) is 65.0 Å². The van der Waals surface area contributed by atoms with Gasteiger partial charge in [0, 0.05) is 30.3 Å². The molecule has 8 nitrogen and oxygen atoms in total. The largest absolute Gasteiger partial charge is 0.495 e. The number of para-hydroxylation sites is 1. The molecule has 2 saturated carbocycles. The highest BCUT2D eigenvalue weighted by atomic mass is 79.9. The second-order valence-electron chi connectivity index (χ2n) is 12.9. The molecule has 0 amide bonds. The fourth-order valence-corrected chi connectivity index (χ4v) is 8.61. The third kappa shape index (κ3) is 6.59. The summed E-state index contributed by atoms with van der Waals surface area (Å²) in [6, 6.07) is 12.0. The van der Waals surface area contributed by atoms with E-state index in [1.807, 2.05) is 42.2 Å². The van der Waals surface area contributed by atoms with Crippen LogP contribution in [-0.2, 0) is 11.6 Å². The molecule has 2 aliphatic carbocycles. The number of anilines is 4. The average Bonchev–Trinajstić information content (AvgIpc) is 3.45. The third-order valence-electron chi connectivity index (χ3n) is 9.52. The van der Waals surface area contributed by atoms with Crippen molar-refractivity contribution in [3.8, 4) is 16.9 Å². The van der Waals surface area contributed by atoms with E-state index in [4.69, 9.17) is 9.72 Å². The van der Waals surface area contributed by atoms with Gasteiger partial charge in [-0.05, 0) is 115 Å². The summed E-state index contributed by atoms with van der Waals surface area (Å²) >= 11 is 3.58. The maximum Gasteiger partial charge on any atom is 0.229 e. The van der Waals surface area contributed by atoms with Gasteiger partial charge in [-0.3, -0.25) is 4.68 Å². The number of ether oxygens (including phenoxy) is 1. The minimum atomic E-state index is -2.51. The maximum atomic E-state index is 12.9. The van der Waals surface area contributed by atoms with Crippen LogP contribution in [0.4, 0.5) is 23.1 Å². The van der Waals surface area contributed by atoms with E-state index < -0.39 is 7.14 Å². The molecule has 0 bridgehead atoms. The molecule has 232 valence electrons. The molecule has 2 fully saturated rings. The summed E-state index contributed by atoms with van der Waals surface area (Å²) in [5, 5.41) is 12.1. The van der Waals surface area contributed by atoms with Gasteiger partial charge in [-0.15, -0.1) is 0 Å². The molecule has 2 aromatic heterocycles. The van der Waals surface area contributed by atoms with Gasteiger partial charge in [0.15, 0.2) is 0 Å². The zero-order valence-electron chi connectivity index (χ0n) is 26.1. The lowest BCUT2D eigenvalue weighted by atomic mass is 9.62. The Morgan fingerprint density at radius 1 is 1.00 bits per heavy atom. The summed E-state index contributed by atoms with van der Waals surface area (Å²) < 4.78 is 21.5. The van der Waals surface area contributed by atoms with E-state index >= 15 is 0 Å². The van der Waals surface area contributed by atoms with Gasteiger partial charge in [0.1, 0.15) is 18.7 Å². The SMILES string of the molecule is COc1cc(C2CCC3(CCCCC3)CC2)c(-c2cnn(C)c2)cc1Nc1ncc(Br)c(Nc2ccccc2P(C)(C)=O)n1. The van der Waals surface area contributed by atoms with Crippen molar-refractivity contribution in [1.29, 1.82) is 0 Å². The number of nitrogens with zero attached hydrogens (tertiary/aromatic N) is 4.